The third-order valence-electron chi connectivity index (χ3n) is 3.18. The third kappa shape index (κ3) is 8.59. The monoisotopic (exact) mass is 408 g/mol. The maximum Gasteiger partial charge on any atom is 0.328 e. The van der Waals surface area contributed by atoms with Crippen LogP contribution >= 0.6 is 12.2 Å². The molecular formula is C13H24N6O7S. The first-order valence-corrected chi connectivity index (χ1v) is 8.02. The smallest absolute Gasteiger partial charge is 0.328 e. The van der Waals surface area contributed by atoms with Gasteiger partial charge in [-0.25, -0.2) is 4.79 Å². The van der Waals surface area contributed by atoms with Gasteiger partial charge in [-0.3, -0.25) is 24.8 Å². The van der Waals surface area contributed by atoms with Gasteiger partial charge >= 0.3 is 5.97 Å². The number of aliphatic hydroxyl groups is 2. The first-order chi connectivity index (χ1) is 12.4. The minimum absolute atomic E-state index is 0.342. The molecule has 0 rings (SSSR count). The molecule has 3 amide bonds. The van der Waals surface area contributed by atoms with Crippen LogP contribution in [-0.4, -0.2) is 87.0 Å². The van der Waals surface area contributed by atoms with Gasteiger partial charge in [-0.1, -0.05) is 0 Å². The zero-order valence-corrected chi connectivity index (χ0v) is 15.5. The first kappa shape index (κ1) is 24.5. The minimum atomic E-state index is -1.46. The average molecular weight is 408 g/mol. The van der Waals surface area contributed by atoms with E-state index in [0.29, 0.717) is 5.01 Å². The van der Waals surface area contributed by atoms with E-state index in [0.717, 1.165) is 0 Å². The van der Waals surface area contributed by atoms with Gasteiger partial charge in [-0.05, 0) is 19.1 Å². The molecule has 0 aromatic heterocycles. The number of primary amides is 1. The SMILES string of the molecule is CC(O)[C@H](NC(=S)N[C@@H](CC(N)=O)C(=O)NN(C)C(=O)[C@@H](N)CO)C(=O)O. The number of hydrogen-bond acceptors (Lipinski definition) is 8. The van der Waals surface area contributed by atoms with Gasteiger partial charge in [-0.15, -0.1) is 0 Å². The maximum absolute atomic E-state index is 12.3. The van der Waals surface area contributed by atoms with E-state index in [1.807, 2.05) is 0 Å². The summed E-state index contributed by atoms with van der Waals surface area (Å²) in [5.41, 5.74) is 12.6. The van der Waals surface area contributed by atoms with Crippen molar-refractivity contribution in [3.05, 3.63) is 0 Å². The van der Waals surface area contributed by atoms with Crippen LogP contribution in [0.5, 0.6) is 0 Å². The second-order valence-corrected chi connectivity index (χ2v) is 5.97. The highest BCUT2D eigenvalue weighted by molar-refractivity contribution is 7.80. The molecule has 0 radical (unpaired) electrons. The maximum atomic E-state index is 12.3. The molecule has 10 N–H and O–H groups in total. The van der Waals surface area contributed by atoms with Crippen molar-refractivity contribution < 1.29 is 34.5 Å². The molecule has 27 heavy (non-hydrogen) atoms. The number of aliphatic hydroxyl groups excluding tert-OH is 2. The van der Waals surface area contributed by atoms with Crippen LogP contribution in [0.2, 0.25) is 0 Å². The zero-order valence-electron chi connectivity index (χ0n) is 14.7. The summed E-state index contributed by atoms with van der Waals surface area (Å²) in [4.78, 5) is 46.2. The number of carboxylic acids is 1. The molecule has 154 valence electrons. The number of carbonyl (C=O) groups is 4. The molecule has 1 unspecified atom stereocenters. The Kier molecular flexibility index (Phi) is 10.2. The number of aliphatic carboxylic acids is 1. The number of hydrogen-bond donors (Lipinski definition) is 8. The van der Waals surface area contributed by atoms with E-state index >= 15 is 0 Å². The summed E-state index contributed by atoms with van der Waals surface area (Å²) in [6, 6.07) is -4.08. The lowest BCUT2D eigenvalue weighted by atomic mass is 10.2. The molecule has 0 aliphatic heterocycles. The van der Waals surface area contributed by atoms with Gasteiger partial charge in [-0.2, -0.15) is 0 Å². The first-order valence-electron chi connectivity index (χ1n) is 7.61. The largest absolute Gasteiger partial charge is 0.480 e. The van der Waals surface area contributed by atoms with Crippen LogP contribution in [0.15, 0.2) is 0 Å². The minimum Gasteiger partial charge on any atom is -0.480 e. The molecular weight excluding hydrogens is 384 g/mol. The summed E-state index contributed by atoms with van der Waals surface area (Å²) in [6.45, 7) is 0.568. The van der Waals surface area contributed by atoms with Crippen molar-refractivity contribution >= 4 is 41.0 Å². The molecule has 0 spiro atoms. The molecule has 14 heteroatoms. The van der Waals surface area contributed by atoms with Crippen LogP contribution < -0.4 is 27.5 Å². The molecule has 0 saturated carbocycles. The van der Waals surface area contributed by atoms with E-state index in [-0.39, 0.29) is 5.11 Å². The van der Waals surface area contributed by atoms with E-state index in [1.54, 1.807) is 0 Å². The van der Waals surface area contributed by atoms with Crippen LogP contribution in [0.1, 0.15) is 13.3 Å². The number of amides is 3. The molecule has 0 fully saturated rings. The van der Waals surface area contributed by atoms with Gasteiger partial charge in [0, 0.05) is 7.05 Å². The summed E-state index contributed by atoms with van der Waals surface area (Å²) in [5, 5.41) is 32.3. The van der Waals surface area contributed by atoms with E-state index in [4.69, 9.17) is 33.9 Å². The lowest BCUT2D eigenvalue weighted by Crippen LogP contribution is -2.59. The highest BCUT2D eigenvalue weighted by atomic mass is 32.1. The Balaban J connectivity index is 5.08. The zero-order chi connectivity index (χ0) is 21.3. The van der Waals surface area contributed by atoms with Crippen molar-refractivity contribution in [1.82, 2.24) is 21.1 Å². The Morgan fingerprint density at radius 3 is 2.19 bits per heavy atom. The highest BCUT2D eigenvalue weighted by Crippen LogP contribution is 1.97. The summed E-state index contributed by atoms with van der Waals surface area (Å²) < 4.78 is 0. The second kappa shape index (κ2) is 11.2. The van der Waals surface area contributed by atoms with Crippen molar-refractivity contribution in [2.45, 2.75) is 37.6 Å². The normalized spacial score (nSPS) is 14.9. The van der Waals surface area contributed by atoms with Crippen LogP contribution in [0.4, 0.5) is 0 Å². The second-order valence-electron chi connectivity index (χ2n) is 5.56. The average Bonchev–Trinajstić information content (AvgIpc) is 2.56. The number of carbonyl (C=O) groups excluding carboxylic acids is 3. The summed E-state index contributed by atoms with van der Waals surface area (Å²) in [7, 11) is 1.17. The van der Waals surface area contributed by atoms with Gasteiger partial charge in [0.05, 0.1) is 19.1 Å². The van der Waals surface area contributed by atoms with Crippen molar-refractivity contribution in [2.24, 2.45) is 11.5 Å². The Labute approximate surface area is 160 Å². The fraction of sp³-hybridized carbons (Fsp3) is 0.615. The number of nitrogens with zero attached hydrogens (tertiary/aromatic N) is 1. The van der Waals surface area contributed by atoms with Gasteiger partial charge in [0.25, 0.3) is 11.8 Å². The number of rotatable bonds is 9. The van der Waals surface area contributed by atoms with Crippen LogP contribution in [0.25, 0.3) is 0 Å². The molecule has 0 bridgehead atoms. The lowest BCUT2D eigenvalue weighted by molar-refractivity contribution is -0.142. The predicted molar refractivity (Wildman–Crippen MR) is 95.5 cm³/mol. The fourth-order valence-corrected chi connectivity index (χ4v) is 2.03. The summed E-state index contributed by atoms with van der Waals surface area (Å²) in [5.74, 6) is -3.97. The quantitative estimate of drug-likeness (QED) is 0.134. The van der Waals surface area contributed by atoms with Gasteiger partial charge in [0.1, 0.15) is 12.1 Å². The van der Waals surface area contributed by atoms with Crippen molar-refractivity contribution in [2.75, 3.05) is 13.7 Å². The third-order valence-corrected chi connectivity index (χ3v) is 3.42. The Bertz CT molecular complexity index is 588. The Morgan fingerprint density at radius 2 is 1.78 bits per heavy atom. The van der Waals surface area contributed by atoms with Gasteiger partial charge < -0.3 is 37.4 Å². The highest BCUT2D eigenvalue weighted by Gasteiger charge is 2.28. The Hall–Kier alpha value is -2.55. The van der Waals surface area contributed by atoms with Crippen molar-refractivity contribution in [3.8, 4) is 0 Å². The summed E-state index contributed by atoms with van der Waals surface area (Å²) in [6.07, 6.45) is -1.84. The van der Waals surface area contributed by atoms with Crippen molar-refractivity contribution in [3.63, 3.8) is 0 Å². The molecule has 0 heterocycles. The molecule has 0 aliphatic carbocycles. The molecule has 4 atom stereocenters. The van der Waals surface area contributed by atoms with E-state index < -0.39 is 60.9 Å². The molecule has 0 aliphatic rings. The molecule has 0 saturated heterocycles. The molecule has 13 nitrogen and oxygen atoms in total. The van der Waals surface area contributed by atoms with Crippen LogP contribution in [0.3, 0.4) is 0 Å². The predicted octanol–water partition coefficient (Wildman–Crippen LogP) is -4.66. The number of carboxylic acid groups (broad SMARTS) is 1. The fourth-order valence-electron chi connectivity index (χ4n) is 1.77. The molecule has 0 aromatic carbocycles. The van der Waals surface area contributed by atoms with Crippen molar-refractivity contribution in [1.29, 1.82) is 0 Å². The van der Waals surface area contributed by atoms with Crippen LogP contribution in [0, 0.1) is 0 Å². The van der Waals surface area contributed by atoms with E-state index in [2.05, 4.69) is 16.1 Å². The van der Waals surface area contributed by atoms with Crippen LogP contribution in [-0.2, 0) is 19.2 Å². The lowest BCUT2D eigenvalue weighted by Gasteiger charge is -2.26. The van der Waals surface area contributed by atoms with E-state index in [9.17, 15) is 24.3 Å². The van der Waals surface area contributed by atoms with Gasteiger partial charge in [0.15, 0.2) is 11.2 Å². The number of thiocarbonyl (C=S) groups is 1. The van der Waals surface area contributed by atoms with Gasteiger partial charge in [0.2, 0.25) is 5.91 Å². The number of nitrogens with two attached hydrogens (primary N) is 2. The van der Waals surface area contributed by atoms with E-state index in [1.165, 1.54) is 14.0 Å². The number of nitrogens with one attached hydrogen (secondary N) is 3. The molecule has 0 aromatic rings. The number of hydrazine groups is 1. The number of likely N-dealkylation sites (N-methyl/N-ethyl adjacent to an activating group) is 1. The standard InChI is InChI=1S/C13H24N6O7S/c1-5(21)9(12(25)26)17-13(27)16-7(3-8(15)22)10(23)18-19(2)11(24)6(14)4-20/h5-7,9,20-21H,3-4,14H2,1-2H3,(H2,15,22)(H,18,23)(H,25,26)(H2,16,17,27)/t5?,6-,7-,9-/m0/s1. The Morgan fingerprint density at radius 1 is 1.22 bits per heavy atom. The topological polar surface area (TPSA) is 220 Å². The summed E-state index contributed by atoms with van der Waals surface area (Å²) >= 11 is 4.88.